The lowest BCUT2D eigenvalue weighted by atomic mass is 10.2. The summed E-state index contributed by atoms with van der Waals surface area (Å²) in [4.78, 5) is 22.5. The third-order valence-electron chi connectivity index (χ3n) is 3.58. The van der Waals surface area contributed by atoms with Gasteiger partial charge >= 0.3 is 0 Å². The molecule has 0 radical (unpaired) electrons. The van der Waals surface area contributed by atoms with Gasteiger partial charge in [0.15, 0.2) is 12.4 Å². The Morgan fingerprint density at radius 3 is 2.82 bits per heavy atom. The number of aromatic nitrogens is 2. The van der Waals surface area contributed by atoms with E-state index in [4.69, 9.17) is 27.9 Å². The molecule has 0 saturated carbocycles. The van der Waals surface area contributed by atoms with Crippen LogP contribution in [0.2, 0.25) is 10.0 Å². The summed E-state index contributed by atoms with van der Waals surface area (Å²) in [7, 11) is 0. The number of nitro groups is 1. The summed E-state index contributed by atoms with van der Waals surface area (Å²) in [5.74, 6) is -0.607. The van der Waals surface area contributed by atoms with Gasteiger partial charge in [-0.05, 0) is 24.3 Å². The lowest BCUT2D eigenvalue weighted by Crippen LogP contribution is -2.14. The summed E-state index contributed by atoms with van der Waals surface area (Å²) in [6.07, 6.45) is 1.50. The van der Waals surface area contributed by atoms with Crippen LogP contribution in [0.1, 0.15) is 10.5 Å². The maximum Gasteiger partial charge on any atom is 0.276 e. The number of amides is 1. The second-order valence-corrected chi connectivity index (χ2v) is 6.26. The molecule has 0 aliphatic carbocycles. The van der Waals surface area contributed by atoms with E-state index in [2.05, 4.69) is 10.4 Å². The van der Waals surface area contributed by atoms with Crippen LogP contribution in [0.5, 0.6) is 11.5 Å². The Bertz CT molecular complexity index is 1050. The van der Waals surface area contributed by atoms with Crippen molar-refractivity contribution in [1.29, 1.82) is 0 Å². The molecule has 0 unspecified atom stereocenters. The highest BCUT2D eigenvalue weighted by Crippen LogP contribution is 2.31. The number of non-ortho nitro benzene ring substituents is 1. The third-order valence-corrected chi connectivity index (χ3v) is 4.38. The molecular formula is C17H12Cl2N4O5. The number of hydrogen-bond acceptors (Lipinski definition) is 6. The molecular weight excluding hydrogens is 411 g/mol. The summed E-state index contributed by atoms with van der Waals surface area (Å²) in [5, 5.41) is 27.6. The second-order valence-electron chi connectivity index (χ2n) is 5.48. The number of aromatic hydroxyl groups is 1. The van der Waals surface area contributed by atoms with Gasteiger partial charge in [0.1, 0.15) is 16.5 Å². The normalized spacial score (nSPS) is 10.5. The molecule has 3 rings (SSSR count). The number of hydrogen-bond donors (Lipinski definition) is 2. The van der Waals surface area contributed by atoms with Crippen molar-refractivity contribution >= 4 is 40.5 Å². The zero-order valence-corrected chi connectivity index (χ0v) is 15.5. The second kappa shape index (κ2) is 8.15. The molecule has 0 saturated heterocycles. The Kier molecular flexibility index (Phi) is 5.67. The van der Waals surface area contributed by atoms with Crippen LogP contribution in [0.15, 0.2) is 48.7 Å². The standard InChI is InChI=1S/C17H12Cl2N4O5/c18-11-2-1-3-15(16(11)19)28-9-22-7-6-12(21-22)17(25)20-13-8-10(23(26)27)4-5-14(13)24/h1-8,24H,9H2,(H,20,25). The Labute approximate surface area is 168 Å². The fraction of sp³-hybridized carbons (Fsp3) is 0.0588. The van der Waals surface area contributed by atoms with E-state index < -0.39 is 10.8 Å². The lowest BCUT2D eigenvalue weighted by molar-refractivity contribution is -0.384. The van der Waals surface area contributed by atoms with Crippen molar-refractivity contribution in [1.82, 2.24) is 9.78 Å². The van der Waals surface area contributed by atoms with Gasteiger partial charge in [0.05, 0.1) is 15.6 Å². The first-order valence-electron chi connectivity index (χ1n) is 7.74. The van der Waals surface area contributed by atoms with Crippen molar-refractivity contribution in [2.75, 3.05) is 5.32 Å². The van der Waals surface area contributed by atoms with Crippen LogP contribution in [0.3, 0.4) is 0 Å². The molecule has 144 valence electrons. The van der Waals surface area contributed by atoms with Crippen molar-refractivity contribution in [2.24, 2.45) is 0 Å². The van der Waals surface area contributed by atoms with Crippen molar-refractivity contribution in [3.63, 3.8) is 0 Å². The predicted molar refractivity (Wildman–Crippen MR) is 102 cm³/mol. The van der Waals surface area contributed by atoms with Crippen LogP contribution >= 0.6 is 23.2 Å². The van der Waals surface area contributed by atoms with Gasteiger partial charge in [-0.2, -0.15) is 5.10 Å². The van der Waals surface area contributed by atoms with Gasteiger partial charge < -0.3 is 15.2 Å². The minimum Gasteiger partial charge on any atom is -0.506 e. The highest BCUT2D eigenvalue weighted by atomic mass is 35.5. The van der Waals surface area contributed by atoms with E-state index in [1.165, 1.54) is 16.9 Å². The Morgan fingerprint density at radius 2 is 2.07 bits per heavy atom. The molecule has 3 aromatic rings. The van der Waals surface area contributed by atoms with Crippen LogP contribution in [0, 0.1) is 10.1 Å². The topological polar surface area (TPSA) is 120 Å². The monoisotopic (exact) mass is 422 g/mol. The van der Waals surface area contributed by atoms with E-state index in [0.717, 1.165) is 18.2 Å². The van der Waals surface area contributed by atoms with Gasteiger partial charge in [0, 0.05) is 18.3 Å². The first-order valence-corrected chi connectivity index (χ1v) is 8.50. The van der Waals surface area contributed by atoms with Crippen molar-refractivity contribution in [2.45, 2.75) is 6.73 Å². The maximum atomic E-state index is 12.3. The molecule has 11 heteroatoms. The summed E-state index contributed by atoms with van der Waals surface area (Å²) >= 11 is 11.9. The molecule has 28 heavy (non-hydrogen) atoms. The zero-order valence-electron chi connectivity index (χ0n) is 14.0. The van der Waals surface area contributed by atoms with Gasteiger partial charge in [-0.1, -0.05) is 29.3 Å². The molecule has 0 aliphatic heterocycles. The lowest BCUT2D eigenvalue weighted by Gasteiger charge is -2.08. The molecule has 1 heterocycles. The highest BCUT2D eigenvalue weighted by molar-refractivity contribution is 6.42. The average Bonchev–Trinajstić information content (AvgIpc) is 3.13. The van der Waals surface area contributed by atoms with Gasteiger partial charge in [-0.3, -0.25) is 14.9 Å². The molecule has 1 aromatic heterocycles. The Morgan fingerprint density at radius 1 is 1.29 bits per heavy atom. The van der Waals surface area contributed by atoms with E-state index >= 15 is 0 Å². The number of rotatable bonds is 6. The molecule has 0 aliphatic rings. The molecule has 2 N–H and O–H groups in total. The Balaban J connectivity index is 1.68. The smallest absolute Gasteiger partial charge is 0.276 e. The maximum absolute atomic E-state index is 12.3. The zero-order chi connectivity index (χ0) is 20.3. The van der Waals surface area contributed by atoms with Gasteiger partial charge in [-0.25, -0.2) is 4.68 Å². The first kappa shape index (κ1) is 19.5. The largest absolute Gasteiger partial charge is 0.506 e. The van der Waals surface area contributed by atoms with Gasteiger partial charge in [-0.15, -0.1) is 0 Å². The van der Waals surface area contributed by atoms with Gasteiger partial charge in [0.25, 0.3) is 11.6 Å². The summed E-state index contributed by atoms with van der Waals surface area (Å²) in [5.41, 5.74) is -0.354. The number of nitro benzene ring substituents is 1. The number of phenols is 1. The van der Waals surface area contributed by atoms with E-state index in [0.29, 0.717) is 10.8 Å². The molecule has 9 nitrogen and oxygen atoms in total. The van der Waals surface area contributed by atoms with Crippen molar-refractivity contribution in [3.05, 3.63) is 74.5 Å². The van der Waals surface area contributed by atoms with E-state index in [9.17, 15) is 20.0 Å². The number of phenolic OH excluding ortho intramolecular Hbond substituents is 1. The predicted octanol–water partition coefficient (Wildman–Crippen LogP) is 4.09. The molecule has 0 atom stereocenters. The quantitative estimate of drug-likeness (QED) is 0.350. The summed E-state index contributed by atoms with van der Waals surface area (Å²) in [6.45, 7) is -0.0323. The highest BCUT2D eigenvalue weighted by Gasteiger charge is 2.16. The SMILES string of the molecule is O=C(Nc1cc([N+](=O)[O-])ccc1O)c1ccn(COc2cccc(Cl)c2Cl)n1. The molecule has 2 aromatic carbocycles. The van der Waals surface area contributed by atoms with E-state index in [-0.39, 0.29) is 34.6 Å². The Hall–Kier alpha value is -3.30. The third kappa shape index (κ3) is 4.33. The fourth-order valence-corrected chi connectivity index (χ4v) is 2.56. The fourth-order valence-electron chi connectivity index (χ4n) is 2.21. The number of nitrogens with zero attached hydrogens (tertiary/aromatic N) is 3. The number of benzene rings is 2. The molecule has 1 amide bonds. The van der Waals surface area contributed by atoms with Crippen molar-refractivity contribution in [3.8, 4) is 11.5 Å². The average molecular weight is 423 g/mol. The number of carbonyl (C=O) groups excluding carboxylic acids is 1. The minimum absolute atomic E-state index is 0.0201. The number of halogens is 2. The van der Waals surface area contributed by atoms with E-state index in [1.807, 2.05) is 0 Å². The van der Waals surface area contributed by atoms with Crippen LogP contribution in [-0.2, 0) is 6.73 Å². The van der Waals surface area contributed by atoms with Crippen LogP contribution < -0.4 is 10.1 Å². The summed E-state index contributed by atoms with van der Waals surface area (Å²) in [6, 6.07) is 9.65. The molecule has 0 fully saturated rings. The molecule has 0 bridgehead atoms. The number of ether oxygens (including phenoxy) is 1. The minimum atomic E-state index is -0.657. The van der Waals surface area contributed by atoms with Crippen molar-refractivity contribution < 1.29 is 19.6 Å². The van der Waals surface area contributed by atoms with E-state index in [1.54, 1.807) is 18.2 Å². The van der Waals surface area contributed by atoms with Crippen LogP contribution in [-0.4, -0.2) is 25.7 Å². The number of carbonyl (C=O) groups is 1. The molecule has 0 spiro atoms. The number of anilines is 1. The van der Waals surface area contributed by atoms with Gasteiger partial charge in [0.2, 0.25) is 0 Å². The number of nitrogens with one attached hydrogen (secondary N) is 1. The van der Waals surface area contributed by atoms with Crippen LogP contribution in [0.25, 0.3) is 0 Å². The first-order chi connectivity index (χ1) is 13.3. The van der Waals surface area contributed by atoms with Crippen LogP contribution in [0.4, 0.5) is 11.4 Å². The summed E-state index contributed by atoms with van der Waals surface area (Å²) < 4.78 is 6.86.